The molecule has 2 aliphatic heterocycles. The summed E-state index contributed by atoms with van der Waals surface area (Å²) in [7, 11) is 0. The van der Waals surface area contributed by atoms with Crippen molar-refractivity contribution in [3.63, 3.8) is 0 Å². The standard InChI is InChI=1S/C22H19N5O6S/c28-19(12-26-20(29)15-3-2-14(27(31)32)10-16(15)21(26)30)24-22-23-17-4-1-13(9-18(17)34-22)11-25-5-7-33-8-6-25/h1-4,9-10H,5-8,11-12H2,(H,23,24,28). The molecule has 34 heavy (non-hydrogen) atoms. The largest absolute Gasteiger partial charge is 0.379 e. The first kappa shape index (κ1) is 22.1. The molecule has 3 aromatic rings. The number of nitrogens with one attached hydrogen (secondary N) is 1. The Bertz CT molecular complexity index is 1330. The number of carbonyl (C=O) groups is 3. The maximum absolute atomic E-state index is 12.6. The first-order chi connectivity index (χ1) is 16.4. The summed E-state index contributed by atoms with van der Waals surface area (Å²) in [6.45, 7) is 3.50. The third-order valence-corrected chi connectivity index (χ3v) is 6.61. The van der Waals surface area contributed by atoms with Crippen molar-refractivity contribution < 1.29 is 24.0 Å². The molecule has 3 amide bonds. The summed E-state index contributed by atoms with van der Waals surface area (Å²) < 4.78 is 6.29. The van der Waals surface area contributed by atoms with Crippen LogP contribution in [0.5, 0.6) is 0 Å². The van der Waals surface area contributed by atoms with Crippen molar-refractivity contribution >= 4 is 50.1 Å². The number of thiazole rings is 1. The van der Waals surface area contributed by atoms with Crippen molar-refractivity contribution in [3.8, 4) is 0 Å². The van der Waals surface area contributed by atoms with E-state index in [1.807, 2.05) is 18.2 Å². The van der Waals surface area contributed by atoms with Gasteiger partial charge in [-0.15, -0.1) is 0 Å². The number of aromatic nitrogens is 1. The van der Waals surface area contributed by atoms with Gasteiger partial charge in [0.25, 0.3) is 17.5 Å². The average Bonchev–Trinajstić information content (AvgIpc) is 3.32. The predicted molar refractivity (Wildman–Crippen MR) is 123 cm³/mol. The summed E-state index contributed by atoms with van der Waals surface area (Å²) in [6, 6.07) is 9.37. The van der Waals surface area contributed by atoms with E-state index in [4.69, 9.17) is 4.74 Å². The lowest BCUT2D eigenvalue weighted by atomic mass is 10.1. The first-order valence-corrected chi connectivity index (χ1v) is 11.3. The zero-order valence-corrected chi connectivity index (χ0v) is 18.7. The Morgan fingerprint density at radius 2 is 1.88 bits per heavy atom. The zero-order valence-electron chi connectivity index (χ0n) is 17.9. The molecule has 12 heteroatoms. The molecule has 0 bridgehead atoms. The van der Waals surface area contributed by atoms with Crippen molar-refractivity contribution in [2.75, 3.05) is 38.2 Å². The summed E-state index contributed by atoms with van der Waals surface area (Å²) in [5, 5.41) is 14.0. The van der Waals surface area contributed by atoms with E-state index in [0.717, 1.165) is 65.7 Å². The molecule has 11 nitrogen and oxygen atoms in total. The van der Waals surface area contributed by atoms with Gasteiger partial charge in [-0.05, 0) is 23.8 Å². The fraction of sp³-hybridized carbons (Fsp3) is 0.273. The van der Waals surface area contributed by atoms with Gasteiger partial charge in [-0.1, -0.05) is 17.4 Å². The molecule has 5 rings (SSSR count). The second kappa shape index (κ2) is 8.89. The van der Waals surface area contributed by atoms with Gasteiger partial charge in [0.1, 0.15) is 6.54 Å². The minimum absolute atomic E-state index is 0.0381. The third-order valence-electron chi connectivity index (χ3n) is 5.68. The number of amides is 3. The highest BCUT2D eigenvalue weighted by molar-refractivity contribution is 7.22. The molecule has 1 aromatic heterocycles. The smallest absolute Gasteiger partial charge is 0.270 e. The van der Waals surface area contributed by atoms with Crippen molar-refractivity contribution in [2.24, 2.45) is 0 Å². The van der Waals surface area contributed by atoms with E-state index in [1.54, 1.807) is 0 Å². The SMILES string of the molecule is O=C(CN1C(=O)c2ccc([N+](=O)[O-])cc2C1=O)Nc1nc2ccc(CN3CCOCC3)cc2s1. The van der Waals surface area contributed by atoms with Crippen LogP contribution in [0, 0.1) is 10.1 Å². The van der Waals surface area contributed by atoms with Gasteiger partial charge in [0, 0.05) is 31.8 Å². The van der Waals surface area contributed by atoms with Crippen molar-refractivity contribution in [1.82, 2.24) is 14.8 Å². The van der Waals surface area contributed by atoms with Gasteiger partial charge in [-0.2, -0.15) is 0 Å². The number of nitro groups is 1. The van der Waals surface area contributed by atoms with Gasteiger partial charge >= 0.3 is 0 Å². The quantitative estimate of drug-likeness (QED) is 0.322. The molecule has 2 aromatic carbocycles. The molecule has 0 saturated carbocycles. The van der Waals surface area contributed by atoms with Crippen LogP contribution in [-0.4, -0.2) is 70.3 Å². The number of nitrogens with zero attached hydrogens (tertiary/aromatic N) is 4. The highest BCUT2D eigenvalue weighted by atomic mass is 32.1. The van der Waals surface area contributed by atoms with E-state index in [-0.39, 0.29) is 16.8 Å². The van der Waals surface area contributed by atoms with E-state index in [0.29, 0.717) is 5.13 Å². The van der Waals surface area contributed by atoms with Crippen LogP contribution in [0.1, 0.15) is 26.3 Å². The van der Waals surface area contributed by atoms with Gasteiger partial charge in [-0.25, -0.2) is 4.98 Å². The molecule has 174 valence electrons. The number of fused-ring (bicyclic) bond motifs is 2. The van der Waals surface area contributed by atoms with Crippen LogP contribution in [0.15, 0.2) is 36.4 Å². The van der Waals surface area contributed by atoms with Crippen LogP contribution in [0.3, 0.4) is 0 Å². The fourth-order valence-electron chi connectivity index (χ4n) is 3.98. The molecule has 1 fully saturated rings. The van der Waals surface area contributed by atoms with E-state index in [9.17, 15) is 24.5 Å². The fourth-order valence-corrected chi connectivity index (χ4v) is 4.92. The summed E-state index contributed by atoms with van der Waals surface area (Å²) >= 11 is 1.30. The van der Waals surface area contributed by atoms with Crippen LogP contribution in [0.2, 0.25) is 0 Å². The lowest BCUT2D eigenvalue weighted by Gasteiger charge is -2.26. The number of ether oxygens (including phenoxy) is 1. The molecule has 0 spiro atoms. The van der Waals surface area contributed by atoms with E-state index < -0.39 is 29.2 Å². The number of carbonyl (C=O) groups excluding carboxylic acids is 3. The second-order valence-electron chi connectivity index (χ2n) is 7.94. The molecule has 1 saturated heterocycles. The van der Waals surface area contributed by atoms with Crippen molar-refractivity contribution in [2.45, 2.75) is 6.54 Å². The Kier molecular flexibility index (Phi) is 5.77. The van der Waals surface area contributed by atoms with Crippen LogP contribution in [0.4, 0.5) is 10.8 Å². The van der Waals surface area contributed by atoms with Gasteiger partial charge in [0.05, 0.1) is 39.5 Å². The van der Waals surface area contributed by atoms with Crippen molar-refractivity contribution in [3.05, 3.63) is 63.2 Å². The van der Waals surface area contributed by atoms with Crippen molar-refractivity contribution in [1.29, 1.82) is 0 Å². The average molecular weight is 481 g/mol. The topological polar surface area (TPSA) is 135 Å². The van der Waals surface area contributed by atoms with E-state index in [1.165, 1.54) is 17.4 Å². The van der Waals surface area contributed by atoms with Crippen LogP contribution >= 0.6 is 11.3 Å². The molecule has 0 unspecified atom stereocenters. The highest BCUT2D eigenvalue weighted by Crippen LogP contribution is 2.29. The third kappa shape index (κ3) is 4.25. The number of hydrogen-bond acceptors (Lipinski definition) is 9. The molecule has 0 radical (unpaired) electrons. The maximum atomic E-state index is 12.6. The predicted octanol–water partition coefficient (Wildman–Crippen LogP) is 2.27. The molecule has 0 aliphatic carbocycles. The van der Waals surface area contributed by atoms with Crippen LogP contribution in [0.25, 0.3) is 10.2 Å². The number of imide groups is 1. The first-order valence-electron chi connectivity index (χ1n) is 10.5. The van der Waals surface area contributed by atoms with E-state index in [2.05, 4.69) is 15.2 Å². The Labute approximate surface area is 197 Å². The van der Waals surface area contributed by atoms with Gasteiger partial charge in [0.15, 0.2) is 5.13 Å². The number of non-ortho nitro benzene ring substituents is 1. The molecular weight excluding hydrogens is 462 g/mol. The number of morpholine rings is 1. The summed E-state index contributed by atoms with van der Waals surface area (Å²) in [4.78, 5) is 55.5. The number of rotatable bonds is 6. The molecule has 2 aliphatic rings. The number of hydrogen-bond donors (Lipinski definition) is 1. The van der Waals surface area contributed by atoms with Crippen LogP contribution < -0.4 is 5.32 Å². The second-order valence-corrected chi connectivity index (χ2v) is 8.97. The Hall–Kier alpha value is -3.74. The van der Waals surface area contributed by atoms with Gasteiger partial charge < -0.3 is 10.1 Å². The molecule has 1 N–H and O–H groups in total. The van der Waals surface area contributed by atoms with Crippen LogP contribution in [-0.2, 0) is 16.1 Å². The normalized spacial score (nSPS) is 16.2. The molecule has 0 atom stereocenters. The van der Waals surface area contributed by atoms with E-state index >= 15 is 0 Å². The molecule has 3 heterocycles. The Morgan fingerprint density at radius 3 is 2.65 bits per heavy atom. The number of nitro benzene ring substituents is 1. The maximum Gasteiger partial charge on any atom is 0.270 e. The summed E-state index contributed by atoms with van der Waals surface area (Å²) in [5.74, 6) is -1.99. The summed E-state index contributed by atoms with van der Waals surface area (Å²) in [6.07, 6.45) is 0. The minimum atomic E-state index is -0.740. The number of benzene rings is 2. The number of anilines is 1. The van der Waals surface area contributed by atoms with Gasteiger partial charge in [-0.3, -0.25) is 34.3 Å². The molecular formula is C22H19N5O6S. The summed E-state index contributed by atoms with van der Waals surface area (Å²) in [5.41, 5.74) is 1.53. The minimum Gasteiger partial charge on any atom is -0.379 e. The lowest BCUT2D eigenvalue weighted by Crippen LogP contribution is -2.37. The Balaban J connectivity index is 1.26. The lowest BCUT2D eigenvalue weighted by molar-refractivity contribution is -0.384. The highest BCUT2D eigenvalue weighted by Gasteiger charge is 2.37. The monoisotopic (exact) mass is 481 g/mol. The Morgan fingerprint density at radius 1 is 1.12 bits per heavy atom. The van der Waals surface area contributed by atoms with Gasteiger partial charge in [0.2, 0.25) is 5.91 Å². The zero-order chi connectivity index (χ0) is 23.8.